The number of sulfonamides is 1. The summed E-state index contributed by atoms with van der Waals surface area (Å²) < 4.78 is 70.8. The van der Waals surface area contributed by atoms with Crippen LogP contribution >= 0.6 is 23.2 Å². The number of carbonyl (C=O) groups is 1. The fraction of sp³-hybridized carbons (Fsp3) is 0.235. The average Bonchev–Trinajstić information content (AvgIpc) is 2.62. The van der Waals surface area contributed by atoms with Crippen LogP contribution < -0.4 is 14.8 Å². The van der Waals surface area contributed by atoms with Crippen molar-refractivity contribution >= 4 is 44.8 Å². The van der Waals surface area contributed by atoms with Crippen molar-refractivity contribution in [3.63, 3.8) is 0 Å². The Morgan fingerprint density at radius 1 is 1.14 bits per heavy atom. The second kappa shape index (κ2) is 8.78. The number of methoxy groups -OCH3 is 1. The van der Waals surface area contributed by atoms with Crippen LogP contribution in [0.4, 0.5) is 18.9 Å². The van der Waals surface area contributed by atoms with Crippen molar-refractivity contribution in [1.82, 2.24) is 4.72 Å². The van der Waals surface area contributed by atoms with E-state index in [-0.39, 0.29) is 26.4 Å². The fourth-order valence-corrected chi connectivity index (χ4v) is 4.05. The molecule has 0 unspecified atom stereocenters. The summed E-state index contributed by atoms with van der Waals surface area (Å²) in [6.45, 7) is 1.21. The highest BCUT2D eigenvalue weighted by atomic mass is 35.5. The van der Waals surface area contributed by atoms with E-state index < -0.39 is 33.7 Å². The van der Waals surface area contributed by atoms with Gasteiger partial charge in [-0.05, 0) is 43.3 Å². The number of benzene rings is 2. The minimum absolute atomic E-state index is 0.00423. The van der Waals surface area contributed by atoms with E-state index in [1.165, 1.54) is 26.2 Å². The lowest BCUT2D eigenvalue weighted by molar-refractivity contribution is -0.137. The number of halogens is 5. The van der Waals surface area contributed by atoms with Gasteiger partial charge in [0.25, 0.3) is 0 Å². The molecule has 158 valence electrons. The highest BCUT2D eigenvalue weighted by molar-refractivity contribution is 7.89. The standard InChI is InChI=1S/C17H15Cl2F3N2O4S/c1-9(24-29(26,27)15-8-11(18)4-6-14(15)28-2)16(25)23-13-7-10(17(20,21)22)3-5-12(13)19/h3-9,24H,1-2H3,(H,23,25)/t9-/m1/s1. The summed E-state index contributed by atoms with van der Waals surface area (Å²) in [5.74, 6) is -0.925. The number of rotatable bonds is 6. The monoisotopic (exact) mass is 470 g/mol. The lowest BCUT2D eigenvalue weighted by atomic mass is 10.2. The summed E-state index contributed by atoms with van der Waals surface area (Å²) >= 11 is 11.7. The third kappa shape index (κ3) is 5.75. The quantitative estimate of drug-likeness (QED) is 0.657. The summed E-state index contributed by atoms with van der Waals surface area (Å²) in [6, 6.07) is 4.93. The Labute approximate surface area is 175 Å². The van der Waals surface area contributed by atoms with Crippen LogP contribution in [-0.4, -0.2) is 27.5 Å². The van der Waals surface area contributed by atoms with Crippen molar-refractivity contribution < 1.29 is 31.1 Å². The van der Waals surface area contributed by atoms with Gasteiger partial charge in [0.1, 0.15) is 10.6 Å². The number of nitrogens with one attached hydrogen (secondary N) is 2. The number of carbonyl (C=O) groups excluding carboxylic acids is 1. The molecule has 1 atom stereocenters. The van der Waals surface area contributed by atoms with Gasteiger partial charge in [-0.3, -0.25) is 4.79 Å². The number of hydrogen-bond donors (Lipinski definition) is 2. The topological polar surface area (TPSA) is 84.5 Å². The Hall–Kier alpha value is -2.01. The van der Waals surface area contributed by atoms with Crippen molar-refractivity contribution in [1.29, 1.82) is 0 Å². The fourth-order valence-electron chi connectivity index (χ4n) is 2.25. The van der Waals surface area contributed by atoms with Crippen molar-refractivity contribution in [2.45, 2.75) is 24.0 Å². The van der Waals surface area contributed by atoms with E-state index in [0.29, 0.717) is 6.07 Å². The molecule has 1 amide bonds. The molecule has 0 radical (unpaired) electrons. The van der Waals surface area contributed by atoms with Crippen molar-refractivity contribution in [3.05, 3.63) is 52.0 Å². The molecule has 0 saturated carbocycles. The van der Waals surface area contributed by atoms with Gasteiger partial charge in [-0.25, -0.2) is 8.42 Å². The molecule has 0 spiro atoms. The predicted molar refractivity (Wildman–Crippen MR) is 103 cm³/mol. The summed E-state index contributed by atoms with van der Waals surface area (Å²) in [5, 5.41) is 2.16. The minimum atomic E-state index is -4.64. The summed E-state index contributed by atoms with van der Waals surface area (Å²) in [4.78, 5) is 12.0. The van der Waals surface area contributed by atoms with E-state index >= 15 is 0 Å². The molecular formula is C17H15Cl2F3N2O4S. The van der Waals surface area contributed by atoms with Gasteiger partial charge in [-0.1, -0.05) is 23.2 Å². The molecule has 2 rings (SSSR count). The zero-order valence-electron chi connectivity index (χ0n) is 15.0. The highest BCUT2D eigenvalue weighted by Crippen LogP contribution is 2.34. The summed E-state index contributed by atoms with van der Waals surface area (Å²) in [5.41, 5.74) is -1.33. The molecule has 12 heteroatoms. The normalized spacial score (nSPS) is 13.1. The molecule has 29 heavy (non-hydrogen) atoms. The zero-order valence-corrected chi connectivity index (χ0v) is 17.3. The van der Waals surface area contributed by atoms with Gasteiger partial charge < -0.3 is 10.1 Å². The lowest BCUT2D eigenvalue weighted by Crippen LogP contribution is -2.41. The first-order chi connectivity index (χ1) is 13.3. The van der Waals surface area contributed by atoms with Crippen LogP contribution in [-0.2, 0) is 21.0 Å². The molecule has 0 saturated heterocycles. The van der Waals surface area contributed by atoms with E-state index in [1.807, 2.05) is 0 Å². The van der Waals surface area contributed by atoms with Crippen molar-refractivity contribution in [3.8, 4) is 5.75 Å². The third-order valence-corrected chi connectivity index (χ3v) is 5.82. The molecule has 0 fully saturated rings. The molecule has 2 N–H and O–H groups in total. The number of ether oxygens (including phenoxy) is 1. The molecule has 0 aliphatic heterocycles. The Balaban J connectivity index is 2.23. The molecule has 0 bridgehead atoms. The van der Waals surface area contributed by atoms with E-state index in [1.54, 1.807) is 0 Å². The Kier molecular flexibility index (Phi) is 7.05. The second-order valence-electron chi connectivity index (χ2n) is 5.82. The second-order valence-corrected chi connectivity index (χ2v) is 8.35. The van der Waals surface area contributed by atoms with Crippen LogP contribution in [0.25, 0.3) is 0 Å². The van der Waals surface area contributed by atoms with Crippen LogP contribution in [0.15, 0.2) is 41.3 Å². The molecule has 2 aromatic rings. The average molecular weight is 471 g/mol. The van der Waals surface area contributed by atoms with Gasteiger partial charge in [-0.2, -0.15) is 17.9 Å². The molecule has 0 aliphatic rings. The van der Waals surface area contributed by atoms with Gasteiger partial charge in [0.05, 0.1) is 29.4 Å². The van der Waals surface area contributed by atoms with Crippen LogP contribution in [0.1, 0.15) is 12.5 Å². The van der Waals surface area contributed by atoms with Gasteiger partial charge in [0, 0.05) is 5.02 Å². The van der Waals surface area contributed by atoms with Crippen molar-refractivity contribution in [2.24, 2.45) is 0 Å². The molecule has 0 aliphatic carbocycles. The van der Waals surface area contributed by atoms with Crippen LogP contribution in [0.3, 0.4) is 0 Å². The molecular weight excluding hydrogens is 456 g/mol. The Morgan fingerprint density at radius 3 is 2.38 bits per heavy atom. The van der Waals surface area contributed by atoms with Gasteiger partial charge in [-0.15, -0.1) is 0 Å². The van der Waals surface area contributed by atoms with E-state index in [0.717, 1.165) is 18.2 Å². The van der Waals surface area contributed by atoms with E-state index in [4.69, 9.17) is 27.9 Å². The lowest BCUT2D eigenvalue weighted by Gasteiger charge is -2.17. The number of hydrogen-bond acceptors (Lipinski definition) is 4. The highest BCUT2D eigenvalue weighted by Gasteiger charge is 2.31. The molecule has 2 aromatic carbocycles. The first-order valence-electron chi connectivity index (χ1n) is 7.88. The Morgan fingerprint density at radius 2 is 1.79 bits per heavy atom. The molecule has 0 aromatic heterocycles. The number of anilines is 1. The number of alkyl halides is 3. The maximum atomic E-state index is 12.8. The Bertz CT molecular complexity index is 1030. The maximum absolute atomic E-state index is 12.8. The summed E-state index contributed by atoms with van der Waals surface area (Å²) in [6.07, 6.45) is -4.64. The SMILES string of the molecule is COc1ccc(Cl)cc1S(=O)(=O)N[C@H](C)C(=O)Nc1cc(C(F)(F)F)ccc1Cl. The number of amides is 1. The summed E-state index contributed by atoms with van der Waals surface area (Å²) in [7, 11) is -2.98. The van der Waals surface area contributed by atoms with Crippen LogP contribution in [0.2, 0.25) is 10.0 Å². The molecule has 0 heterocycles. The largest absolute Gasteiger partial charge is 0.495 e. The third-order valence-electron chi connectivity index (χ3n) is 3.69. The van der Waals surface area contributed by atoms with Crippen LogP contribution in [0.5, 0.6) is 5.75 Å². The first-order valence-corrected chi connectivity index (χ1v) is 10.1. The van der Waals surface area contributed by atoms with E-state index in [2.05, 4.69) is 10.0 Å². The molecule has 6 nitrogen and oxygen atoms in total. The first kappa shape index (κ1) is 23.3. The predicted octanol–water partition coefficient (Wildman–Crippen LogP) is 4.33. The smallest absolute Gasteiger partial charge is 0.416 e. The van der Waals surface area contributed by atoms with Gasteiger partial charge >= 0.3 is 6.18 Å². The zero-order chi connectivity index (χ0) is 22.0. The van der Waals surface area contributed by atoms with Crippen LogP contribution in [0, 0.1) is 0 Å². The van der Waals surface area contributed by atoms with Gasteiger partial charge in [0.15, 0.2) is 0 Å². The van der Waals surface area contributed by atoms with Crippen molar-refractivity contribution in [2.75, 3.05) is 12.4 Å². The maximum Gasteiger partial charge on any atom is 0.416 e. The van der Waals surface area contributed by atoms with E-state index in [9.17, 15) is 26.4 Å². The van der Waals surface area contributed by atoms with Gasteiger partial charge in [0.2, 0.25) is 15.9 Å². The minimum Gasteiger partial charge on any atom is -0.495 e.